The fourth-order valence-corrected chi connectivity index (χ4v) is 1.43. The highest BCUT2D eigenvalue weighted by Crippen LogP contribution is 2.19. The normalized spacial score (nSPS) is 10.5. The summed E-state index contributed by atoms with van der Waals surface area (Å²) in [6.07, 6.45) is 0.811. The molecule has 1 aromatic rings. The van der Waals surface area contributed by atoms with E-state index in [2.05, 4.69) is 4.74 Å². The summed E-state index contributed by atoms with van der Waals surface area (Å²) in [5.41, 5.74) is 0.177. The molecule has 0 aliphatic heterocycles. The summed E-state index contributed by atoms with van der Waals surface area (Å²) in [5, 5.41) is 0. The molecule has 5 heteroatoms. The molecule has 0 N–H and O–H groups in total. The van der Waals surface area contributed by atoms with E-state index in [4.69, 9.17) is 4.74 Å². The van der Waals surface area contributed by atoms with Crippen LogP contribution in [0.1, 0.15) is 16.8 Å². The molecule has 0 saturated heterocycles. The Kier molecular flexibility index (Phi) is 5.58. The van der Waals surface area contributed by atoms with E-state index in [-0.39, 0.29) is 11.3 Å². The van der Waals surface area contributed by atoms with Crippen molar-refractivity contribution in [1.29, 1.82) is 0 Å². The van der Waals surface area contributed by atoms with Gasteiger partial charge in [0, 0.05) is 6.54 Å². The number of carbonyl (C=O) groups is 1. The third-order valence-corrected chi connectivity index (χ3v) is 2.36. The lowest BCUT2D eigenvalue weighted by Gasteiger charge is -2.11. The van der Waals surface area contributed by atoms with Crippen LogP contribution in [-0.4, -0.2) is 45.2 Å². The maximum Gasteiger partial charge on any atom is 0.337 e. The summed E-state index contributed by atoms with van der Waals surface area (Å²) in [7, 11) is 5.18. The first-order valence-corrected chi connectivity index (χ1v) is 5.70. The van der Waals surface area contributed by atoms with Crippen LogP contribution in [0.4, 0.5) is 4.39 Å². The van der Waals surface area contributed by atoms with Crippen LogP contribution in [0.5, 0.6) is 5.75 Å². The van der Waals surface area contributed by atoms with Crippen molar-refractivity contribution in [2.45, 2.75) is 6.42 Å². The summed E-state index contributed by atoms with van der Waals surface area (Å²) < 4.78 is 23.4. The van der Waals surface area contributed by atoms with Crippen LogP contribution in [0.3, 0.4) is 0 Å². The number of nitrogens with zero attached hydrogens (tertiary/aromatic N) is 1. The second kappa shape index (κ2) is 6.96. The lowest BCUT2D eigenvalue weighted by atomic mass is 10.2. The molecule has 0 fully saturated rings. The van der Waals surface area contributed by atoms with Crippen molar-refractivity contribution in [3.63, 3.8) is 0 Å². The molecule has 0 unspecified atom stereocenters. The summed E-state index contributed by atoms with van der Waals surface area (Å²) in [4.78, 5) is 13.2. The first-order chi connectivity index (χ1) is 8.54. The van der Waals surface area contributed by atoms with Crippen molar-refractivity contribution >= 4 is 5.97 Å². The van der Waals surface area contributed by atoms with Crippen LogP contribution in [0.2, 0.25) is 0 Å². The molecule has 0 bridgehead atoms. The van der Waals surface area contributed by atoms with Gasteiger partial charge in [-0.2, -0.15) is 0 Å². The van der Waals surface area contributed by atoms with Gasteiger partial charge in [-0.15, -0.1) is 0 Å². The summed E-state index contributed by atoms with van der Waals surface area (Å²) in [6.45, 7) is 1.31. The SMILES string of the molecule is COC(=O)c1ccc(OCCCN(C)C)c(F)c1. The molecule has 1 rings (SSSR count). The van der Waals surface area contributed by atoms with Gasteiger partial charge in [-0.3, -0.25) is 0 Å². The maximum absolute atomic E-state index is 13.6. The second-order valence-electron chi connectivity index (χ2n) is 4.14. The van der Waals surface area contributed by atoms with Crippen molar-refractivity contribution in [2.24, 2.45) is 0 Å². The molecule has 0 radical (unpaired) electrons. The Balaban J connectivity index is 2.55. The van der Waals surface area contributed by atoms with Gasteiger partial charge >= 0.3 is 5.97 Å². The number of ether oxygens (including phenoxy) is 2. The molecule has 4 nitrogen and oxygen atoms in total. The Morgan fingerprint density at radius 2 is 2.11 bits per heavy atom. The van der Waals surface area contributed by atoms with Gasteiger partial charge in [0.15, 0.2) is 11.6 Å². The third-order valence-electron chi connectivity index (χ3n) is 2.36. The third kappa shape index (κ3) is 4.33. The van der Waals surface area contributed by atoms with Crippen LogP contribution >= 0.6 is 0 Å². The Bertz CT molecular complexity index is 407. The summed E-state index contributed by atoms with van der Waals surface area (Å²) >= 11 is 0. The van der Waals surface area contributed by atoms with Crippen molar-refractivity contribution in [3.8, 4) is 5.75 Å². The molecule has 0 aliphatic carbocycles. The average molecular weight is 255 g/mol. The number of esters is 1. The molecule has 0 saturated carbocycles. The molecular weight excluding hydrogens is 237 g/mol. The number of halogens is 1. The lowest BCUT2D eigenvalue weighted by molar-refractivity contribution is 0.0600. The number of carbonyl (C=O) groups excluding carboxylic acids is 1. The van der Waals surface area contributed by atoms with E-state index in [0.29, 0.717) is 6.61 Å². The van der Waals surface area contributed by atoms with Crippen LogP contribution in [-0.2, 0) is 4.74 Å². The topological polar surface area (TPSA) is 38.8 Å². The molecule has 18 heavy (non-hydrogen) atoms. The van der Waals surface area contributed by atoms with E-state index in [0.717, 1.165) is 19.0 Å². The highest BCUT2D eigenvalue weighted by molar-refractivity contribution is 5.89. The van der Waals surface area contributed by atoms with Gasteiger partial charge in [0.05, 0.1) is 19.3 Å². The number of hydrogen-bond donors (Lipinski definition) is 0. The molecule has 0 aromatic heterocycles. The minimum absolute atomic E-state index is 0.154. The zero-order valence-corrected chi connectivity index (χ0v) is 10.9. The van der Waals surface area contributed by atoms with E-state index in [1.807, 2.05) is 19.0 Å². The minimum atomic E-state index is -0.562. The van der Waals surface area contributed by atoms with Crippen molar-refractivity contribution in [3.05, 3.63) is 29.6 Å². The second-order valence-corrected chi connectivity index (χ2v) is 4.14. The highest BCUT2D eigenvalue weighted by Gasteiger charge is 2.10. The quantitative estimate of drug-likeness (QED) is 0.575. The van der Waals surface area contributed by atoms with E-state index in [1.165, 1.54) is 19.2 Å². The minimum Gasteiger partial charge on any atom is -0.490 e. The predicted octanol–water partition coefficient (Wildman–Crippen LogP) is 1.94. The molecule has 1 aromatic carbocycles. The van der Waals surface area contributed by atoms with E-state index >= 15 is 0 Å². The van der Waals surface area contributed by atoms with Crippen molar-refractivity contribution in [2.75, 3.05) is 34.4 Å². The fourth-order valence-electron chi connectivity index (χ4n) is 1.43. The van der Waals surface area contributed by atoms with Gasteiger partial charge in [-0.05, 0) is 38.7 Å². The van der Waals surface area contributed by atoms with Crippen LogP contribution in [0.15, 0.2) is 18.2 Å². The zero-order valence-electron chi connectivity index (χ0n) is 10.9. The molecule has 0 atom stereocenters. The monoisotopic (exact) mass is 255 g/mol. The van der Waals surface area contributed by atoms with Gasteiger partial charge in [-0.25, -0.2) is 9.18 Å². The predicted molar refractivity (Wildman–Crippen MR) is 66.4 cm³/mol. The molecule has 0 aliphatic rings. The number of hydrogen-bond acceptors (Lipinski definition) is 4. The van der Waals surface area contributed by atoms with Crippen LogP contribution in [0, 0.1) is 5.82 Å². The lowest BCUT2D eigenvalue weighted by Crippen LogP contribution is -2.15. The first-order valence-electron chi connectivity index (χ1n) is 5.70. The first kappa shape index (κ1) is 14.4. The highest BCUT2D eigenvalue weighted by atomic mass is 19.1. The number of methoxy groups -OCH3 is 1. The molecular formula is C13H18FNO3. The Labute approximate surface area is 106 Å². The number of rotatable bonds is 6. The molecule has 0 spiro atoms. The average Bonchev–Trinajstić information content (AvgIpc) is 2.34. The van der Waals surface area contributed by atoms with Gasteiger partial charge < -0.3 is 14.4 Å². The largest absolute Gasteiger partial charge is 0.490 e. The van der Waals surface area contributed by atoms with Crippen molar-refractivity contribution < 1.29 is 18.7 Å². The standard InChI is InChI=1S/C13H18FNO3/c1-15(2)7-4-8-18-12-6-5-10(9-11(12)14)13(16)17-3/h5-6,9H,4,7-8H2,1-3H3. The summed E-state index contributed by atoms with van der Waals surface area (Å²) in [6, 6.07) is 4.04. The maximum atomic E-state index is 13.6. The van der Waals surface area contributed by atoms with Crippen molar-refractivity contribution in [1.82, 2.24) is 4.90 Å². The van der Waals surface area contributed by atoms with Gasteiger partial charge in [0.2, 0.25) is 0 Å². The van der Waals surface area contributed by atoms with Gasteiger partial charge in [0.25, 0.3) is 0 Å². The van der Waals surface area contributed by atoms with Crippen LogP contribution in [0.25, 0.3) is 0 Å². The van der Waals surface area contributed by atoms with Gasteiger partial charge in [0.1, 0.15) is 0 Å². The molecule has 0 heterocycles. The molecule has 100 valence electrons. The molecule has 0 amide bonds. The van der Waals surface area contributed by atoms with E-state index < -0.39 is 11.8 Å². The van der Waals surface area contributed by atoms with E-state index in [1.54, 1.807) is 0 Å². The fraction of sp³-hybridized carbons (Fsp3) is 0.462. The zero-order chi connectivity index (χ0) is 13.5. The van der Waals surface area contributed by atoms with Crippen LogP contribution < -0.4 is 4.74 Å². The Hall–Kier alpha value is -1.62. The summed E-state index contributed by atoms with van der Waals surface area (Å²) in [5.74, 6) is -0.961. The number of benzene rings is 1. The smallest absolute Gasteiger partial charge is 0.337 e. The Morgan fingerprint density at radius 3 is 2.67 bits per heavy atom. The van der Waals surface area contributed by atoms with E-state index in [9.17, 15) is 9.18 Å². The van der Waals surface area contributed by atoms with Gasteiger partial charge in [-0.1, -0.05) is 0 Å². The Morgan fingerprint density at radius 1 is 1.39 bits per heavy atom.